The largest absolute Gasteiger partial charge is 0.508 e. The van der Waals surface area contributed by atoms with Gasteiger partial charge < -0.3 is 5.11 Å². The Hall–Kier alpha value is -1.55. The summed E-state index contributed by atoms with van der Waals surface area (Å²) in [7, 11) is 0. The fraction of sp³-hybridized carbons (Fsp3) is 0.0909. The van der Waals surface area contributed by atoms with Crippen LogP contribution in [0, 0.1) is 0 Å². The van der Waals surface area contributed by atoms with Gasteiger partial charge in [0.05, 0.1) is 0 Å². The van der Waals surface area contributed by atoms with Crippen LogP contribution in [0.4, 0.5) is 0 Å². The van der Waals surface area contributed by atoms with Gasteiger partial charge in [-0.3, -0.25) is 9.59 Å². The third-order valence-corrected chi connectivity index (χ3v) is 2.28. The molecule has 4 heteroatoms. The molecule has 0 aromatic heterocycles. The van der Waals surface area contributed by atoms with E-state index in [9.17, 15) is 9.59 Å². The molecular weight excluding hydrogens is 212 g/mol. The number of rotatable bonds is 3. The molecule has 0 aliphatic rings. The number of phenolic OH excluding ortho intramolecular Hbond substituents is 1. The van der Waals surface area contributed by atoms with Crippen molar-refractivity contribution in [1.29, 1.82) is 0 Å². The monoisotopic (exact) mass is 222 g/mol. The summed E-state index contributed by atoms with van der Waals surface area (Å²) in [5.74, 6) is -0.366. The summed E-state index contributed by atoms with van der Waals surface area (Å²) in [5.41, 5.74) is 0.759. The zero-order chi connectivity index (χ0) is 11.3. The van der Waals surface area contributed by atoms with Crippen LogP contribution in [-0.2, 0) is 9.59 Å². The zero-order valence-corrected chi connectivity index (χ0v) is 8.95. The van der Waals surface area contributed by atoms with E-state index in [1.54, 1.807) is 18.4 Å². The second-order valence-electron chi connectivity index (χ2n) is 2.78. The van der Waals surface area contributed by atoms with Gasteiger partial charge in [-0.05, 0) is 30.0 Å². The summed E-state index contributed by atoms with van der Waals surface area (Å²) in [6, 6.07) is 6.34. The molecule has 0 atom stereocenters. The smallest absolute Gasteiger partial charge is 0.259 e. The normalized spacial score (nSPS) is 10.5. The molecule has 0 saturated carbocycles. The number of thioether (sulfide) groups is 1. The molecule has 0 amide bonds. The molecule has 0 saturated heterocycles. The zero-order valence-electron chi connectivity index (χ0n) is 8.14. The van der Waals surface area contributed by atoms with Crippen molar-refractivity contribution in [3.8, 4) is 5.75 Å². The van der Waals surface area contributed by atoms with Crippen LogP contribution in [0.25, 0.3) is 6.08 Å². The van der Waals surface area contributed by atoms with E-state index >= 15 is 0 Å². The number of phenols is 1. The molecule has 0 unspecified atom stereocenters. The molecule has 0 aliphatic carbocycles. The quantitative estimate of drug-likeness (QED) is 0.626. The Bertz CT molecular complexity index is 393. The maximum absolute atomic E-state index is 11.1. The van der Waals surface area contributed by atoms with Crippen molar-refractivity contribution in [3.05, 3.63) is 35.9 Å². The van der Waals surface area contributed by atoms with Crippen LogP contribution in [0.2, 0.25) is 0 Å². The van der Waals surface area contributed by atoms with Crippen LogP contribution < -0.4 is 0 Å². The minimum Gasteiger partial charge on any atom is -0.508 e. The van der Waals surface area contributed by atoms with Crippen molar-refractivity contribution in [2.45, 2.75) is 0 Å². The Morgan fingerprint density at radius 2 is 1.87 bits per heavy atom. The average Bonchev–Trinajstić information content (AvgIpc) is 2.26. The minimum absolute atomic E-state index is 0.165. The highest BCUT2D eigenvalue weighted by molar-refractivity contribution is 8.14. The second kappa shape index (κ2) is 5.36. The first-order valence-corrected chi connectivity index (χ1v) is 5.45. The van der Waals surface area contributed by atoms with Gasteiger partial charge in [-0.25, -0.2) is 0 Å². The maximum Gasteiger partial charge on any atom is 0.259 e. The summed E-state index contributed by atoms with van der Waals surface area (Å²) >= 11 is 0.891. The van der Waals surface area contributed by atoms with E-state index in [2.05, 4.69) is 0 Å². The molecule has 0 heterocycles. The number of hydrogen-bond donors (Lipinski definition) is 1. The molecule has 1 N–H and O–H groups in total. The number of carbonyl (C=O) groups excluding carboxylic acids is 2. The molecule has 0 aliphatic heterocycles. The first-order valence-electron chi connectivity index (χ1n) is 4.23. The summed E-state index contributed by atoms with van der Waals surface area (Å²) in [6.07, 6.45) is 4.33. The standard InChI is InChI=1S/C11H10O3S/c1-15-11(14)10(13)7-4-8-2-5-9(12)6-3-8/h2-7,12H,1H3/b7-4+. The number of carbonyl (C=O) groups is 2. The number of ketones is 1. The molecule has 1 aromatic rings. The summed E-state index contributed by atoms with van der Waals surface area (Å²) in [5, 5.41) is 8.53. The number of allylic oxidation sites excluding steroid dienone is 1. The van der Waals surface area contributed by atoms with Crippen molar-refractivity contribution < 1.29 is 14.7 Å². The highest BCUT2D eigenvalue weighted by Crippen LogP contribution is 2.11. The van der Waals surface area contributed by atoms with Crippen LogP contribution in [-0.4, -0.2) is 22.3 Å². The third-order valence-electron chi connectivity index (χ3n) is 1.71. The van der Waals surface area contributed by atoms with E-state index in [1.165, 1.54) is 24.3 Å². The van der Waals surface area contributed by atoms with Crippen molar-refractivity contribution in [2.75, 3.05) is 6.26 Å². The van der Waals surface area contributed by atoms with Crippen molar-refractivity contribution >= 4 is 28.7 Å². The highest BCUT2D eigenvalue weighted by Gasteiger charge is 2.06. The molecule has 0 radical (unpaired) electrons. The average molecular weight is 222 g/mol. The molecule has 0 bridgehead atoms. The molecule has 1 aromatic carbocycles. The summed E-state index contributed by atoms with van der Waals surface area (Å²) in [4.78, 5) is 22.0. The fourth-order valence-electron chi connectivity index (χ4n) is 0.926. The lowest BCUT2D eigenvalue weighted by molar-refractivity contribution is -0.128. The van der Waals surface area contributed by atoms with Crippen LogP contribution >= 0.6 is 11.8 Å². The van der Waals surface area contributed by atoms with Crippen LogP contribution in [0.3, 0.4) is 0 Å². The van der Waals surface area contributed by atoms with E-state index in [0.29, 0.717) is 0 Å². The lowest BCUT2D eigenvalue weighted by Gasteiger charge is -1.93. The predicted octanol–water partition coefficient (Wildman–Crippen LogP) is 1.86. The van der Waals surface area contributed by atoms with Gasteiger partial charge in [-0.1, -0.05) is 30.0 Å². The number of hydrogen-bond acceptors (Lipinski definition) is 4. The van der Waals surface area contributed by atoms with Crippen LogP contribution in [0.15, 0.2) is 30.3 Å². The van der Waals surface area contributed by atoms with Crippen LogP contribution in [0.5, 0.6) is 5.75 Å². The maximum atomic E-state index is 11.1. The molecule has 0 fully saturated rings. The Morgan fingerprint density at radius 1 is 1.27 bits per heavy atom. The topological polar surface area (TPSA) is 54.4 Å². The Balaban J connectivity index is 2.69. The molecule has 3 nitrogen and oxygen atoms in total. The lowest BCUT2D eigenvalue weighted by atomic mass is 10.2. The molecule has 1 rings (SSSR count). The van der Waals surface area contributed by atoms with Crippen molar-refractivity contribution in [1.82, 2.24) is 0 Å². The Kier molecular flexibility index (Phi) is 4.12. The van der Waals surface area contributed by atoms with E-state index in [-0.39, 0.29) is 5.75 Å². The van der Waals surface area contributed by atoms with Gasteiger partial charge >= 0.3 is 0 Å². The molecule has 15 heavy (non-hydrogen) atoms. The van der Waals surface area contributed by atoms with Gasteiger partial charge in [0.2, 0.25) is 5.78 Å². The number of aromatic hydroxyl groups is 1. The number of benzene rings is 1. The summed E-state index contributed by atoms with van der Waals surface area (Å²) < 4.78 is 0. The van der Waals surface area contributed by atoms with E-state index in [4.69, 9.17) is 5.11 Å². The van der Waals surface area contributed by atoms with E-state index in [0.717, 1.165) is 17.3 Å². The highest BCUT2D eigenvalue weighted by atomic mass is 32.2. The van der Waals surface area contributed by atoms with Crippen LogP contribution in [0.1, 0.15) is 5.56 Å². The van der Waals surface area contributed by atoms with Gasteiger partial charge in [-0.15, -0.1) is 0 Å². The minimum atomic E-state index is -0.532. The Labute approximate surface area is 91.8 Å². The molecule has 0 spiro atoms. The van der Waals surface area contributed by atoms with Gasteiger partial charge in [0.15, 0.2) is 0 Å². The van der Waals surface area contributed by atoms with Gasteiger partial charge in [0.1, 0.15) is 5.75 Å². The van der Waals surface area contributed by atoms with E-state index < -0.39 is 10.9 Å². The predicted molar refractivity (Wildman–Crippen MR) is 60.7 cm³/mol. The first-order chi connectivity index (χ1) is 7.13. The van der Waals surface area contributed by atoms with Crippen molar-refractivity contribution in [3.63, 3.8) is 0 Å². The second-order valence-corrected chi connectivity index (χ2v) is 3.56. The van der Waals surface area contributed by atoms with Gasteiger partial charge in [0, 0.05) is 0 Å². The molecular formula is C11H10O3S. The fourth-order valence-corrected chi connectivity index (χ4v) is 1.20. The van der Waals surface area contributed by atoms with Gasteiger partial charge in [0.25, 0.3) is 5.12 Å². The third kappa shape index (κ3) is 3.59. The first kappa shape index (κ1) is 11.5. The lowest BCUT2D eigenvalue weighted by Crippen LogP contribution is -2.04. The van der Waals surface area contributed by atoms with Crippen molar-refractivity contribution in [2.24, 2.45) is 0 Å². The molecule has 78 valence electrons. The van der Waals surface area contributed by atoms with Gasteiger partial charge in [-0.2, -0.15) is 0 Å². The SMILES string of the molecule is CSC(=O)C(=O)/C=C/c1ccc(O)cc1. The summed E-state index contributed by atoms with van der Waals surface area (Å²) in [6.45, 7) is 0. The Morgan fingerprint density at radius 3 is 2.40 bits per heavy atom. The van der Waals surface area contributed by atoms with E-state index in [1.807, 2.05) is 0 Å².